The summed E-state index contributed by atoms with van der Waals surface area (Å²) in [5.74, 6) is 0.248. The van der Waals surface area contributed by atoms with Crippen molar-refractivity contribution in [1.82, 2.24) is 9.97 Å². The molecule has 0 spiro atoms. The van der Waals surface area contributed by atoms with Gasteiger partial charge in [-0.2, -0.15) is 0 Å². The van der Waals surface area contributed by atoms with Crippen LogP contribution in [-0.4, -0.2) is 9.97 Å². The molecule has 0 aliphatic heterocycles. The van der Waals surface area contributed by atoms with E-state index in [9.17, 15) is 0 Å². The third-order valence-electron chi connectivity index (χ3n) is 3.65. The Kier molecular flexibility index (Phi) is 9.95. The summed E-state index contributed by atoms with van der Waals surface area (Å²) in [4.78, 5) is 7.51. The summed E-state index contributed by atoms with van der Waals surface area (Å²) >= 11 is 0. The van der Waals surface area contributed by atoms with E-state index in [4.69, 9.17) is 0 Å². The van der Waals surface area contributed by atoms with Gasteiger partial charge in [0, 0.05) is 17.8 Å². The lowest BCUT2D eigenvalue weighted by atomic mass is 9.88. The number of nitrogens with zero attached hydrogens (tertiary/aromatic N) is 1. The third-order valence-corrected chi connectivity index (χ3v) is 3.65. The summed E-state index contributed by atoms with van der Waals surface area (Å²) in [7, 11) is 0. The zero-order valence-corrected chi connectivity index (χ0v) is 15.4. The number of imidazole rings is 1. The molecule has 1 atom stereocenters. The maximum atomic E-state index is 4.22. The van der Waals surface area contributed by atoms with Crippen LogP contribution < -0.4 is 0 Å². The lowest BCUT2D eigenvalue weighted by Crippen LogP contribution is -2.03. The Bertz CT molecular complexity index is 623. The van der Waals surface area contributed by atoms with E-state index in [-0.39, 0.29) is 5.92 Å². The summed E-state index contributed by atoms with van der Waals surface area (Å²) in [5.41, 5.74) is 3.72. The molecule has 0 aromatic carbocycles. The maximum Gasteiger partial charge on any atom is 0.0921 e. The van der Waals surface area contributed by atoms with Crippen molar-refractivity contribution in [3.8, 4) is 0 Å². The van der Waals surface area contributed by atoms with Gasteiger partial charge in [-0.25, -0.2) is 4.98 Å². The Hall–Kier alpha value is -2.35. The van der Waals surface area contributed by atoms with Gasteiger partial charge in [0.1, 0.15) is 0 Å². The highest BCUT2D eigenvalue weighted by Crippen LogP contribution is 2.31. The lowest BCUT2D eigenvalue weighted by Gasteiger charge is -2.18. The van der Waals surface area contributed by atoms with E-state index in [2.05, 4.69) is 84.6 Å². The first-order valence-corrected chi connectivity index (χ1v) is 8.69. The second-order valence-corrected chi connectivity index (χ2v) is 5.53. The second kappa shape index (κ2) is 12.1. The molecule has 0 saturated carbocycles. The maximum absolute atomic E-state index is 4.22. The van der Waals surface area contributed by atoms with Crippen LogP contribution in [0.25, 0.3) is 0 Å². The standard InChI is InChI=1S/C22H30N2/c1-5-9-13-19(14-10-6-2)16-21(22-17-23-18-24-22)20(12-8-4)15-11-7-3/h5,7-15,17-18,21H,6,16H2,1-4H3,(H,23,24)/b9-5-,11-7-,12-8-,14-10-,19-13+,20-15+. The number of rotatable bonds is 9. The predicted octanol–water partition coefficient (Wildman–Crippen LogP) is 6.43. The van der Waals surface area contributed by atoms with Crippen molar-refractivity contribution in [2.24, 2.45) is 0 Å². The van der Waals surface area contributed by atoms with Crippen molar-refractivity contribution in [1.29, 1.82) is 0 Å². The quantitative estimate of drug-likeness (QED) is 0.521. The first-order valence-electron chi connectivity index (χ1n) is 8.69. The number of hydrogen-bond donors (Lipinski definition) is 1. The van der Waals surface area contributed by atoms with Crippen LogP contribution in [0.5, 0.6) is 0 Å². The molecule has 1 heterocycles. The molecular weight excluding hydrogens is 292 g/mol. The Morgan fingerprint density at radius 2 is 1.83 bits per heavy atom. The van der Waals surface area contributed by atoms with Gasteiger partial charge in [0.15, 0.2) is 0 Å². The summed E-state index contributed by atoms with van der Waals surface area (Å²) in [6, 6.07) is 0. The molecule has 1 unspecified atom stereocenters. The number of hydrogen-bond acceptors (Lipinski definition) is 1. The first-order chi connectivity index (χ1) is 11.8. The van der Waals surface area contributed by atoms with Gasteiger partial charge >= 0.3 is 0 Å². The van der Waals surface area contributed by atoms with Crippen LogP contribution in [-0.2, 0) is 0 Å². The number of aromatic amines is 1. The van der Waals surface area contributed by atoms with E-state index < -0.39 is 0 Å². The molecule has 1 N–H and O–H groups in total. The van der Waals surface area contributed by atoms with Gasteiger partial charge in [-0.1, -0.05) is 67.7 Å². The molecule has 0 bridgehead atoms. The van der Waals surface area contributed by atoms with E-state index >= 15 is 0 Å². The molecule has 1 aromatic heterocycles. The highest BCUT2D eigenvalue weighted by Gasteiger charge is 2.17. The lowest BCUT2D eigenvalue weighted by molar-refractivity contribution is 0.781. The van der Waals surface area contributed by atoms with Crippen molar-refractivity contribution >= 4 is 0 Å². The largest absolute Gasteiger partial charge is 0.348 e. The summed E-state index contributed by atoms with van der Waals surface area (Å²) in [6.07, 6.45) is 27.1. The third kappa shape index (κ3) is 6.82. The Balaban J connectivity index is 3.24. The van der Waals surface area contributed by atoms with Gasteiger partial charge in [0.2, 0.25) is 0 Å². The minimum Gasteiger partial charge on any atom is -0.348 e. The highest BCUT2D eigenvalue weighted by atomic mass is 14.9. The van der Waals surface area contributed by atoms with Crippen LogP contribution in [0, 0.1) is 0 Å². The van der Waals surface area contributed by atoms with Gasteiger partial charge in [0.25, 0.3) is 0 Å². The van der Waals surface area contributed by atoms with Crippen LogP contribution in [0.2, 0.25) is 0 Å². The van der Waals surface area contributed by atoms with Crippen molar-refractivity contribution < 1.29 is 0 Å². The molecule has 24 heavy (non-hydrogen) atoms. The number of H-pyrrole nitrogens is 1. The fourth-order valence-electron chi connectivity index (χ4n) is 2.47. The van der Waals surface area contributed by atoms with Crippen molar-refractivity contribution in [2.75, 3.05) is 0 Å². The highest BCUT2D eigenvalue weighted by molar-refractivity contribution is 5.37. The molecule has 0 aliphatic rings. The molecule has 1 aromatic rings. The van der Waals surface area contributed by atoms with Gasteiger partial charge in [-0.05, 0) is 44.8 Å². The van der Waals surface area contributed by atoms with E-state index in [0.717, 1.165) is 18.5 Å². The molecule has 2 heteroatoms. The number of allylic oxidation sites excluding steroid dienone is 12. The van der Waals surface area contributed by atoms with E-state index in [1.807, 2.05) is 20.0 Å². The summed E-state index contributed by atoms with van der Waals surface area (Å²) in [6.45, 7) is 8.30. The summed E-state index contributed by atoms with van der Waals surface area (Å²) in [5, 5.41) is 0. The fourth-order valence-corrected chi connectivity index (χ4v) is 2.47. The van der Waals surface area contributed by atoms with Crippen LogP contribution in [0.3, 0.4) is 0 Å². The number of nitrogens with one attached hydrogen (secondary N) is 1. The van der Waals surface area contributed by atoms with E-state index in [1.54, 1.807) is 6.33 Å². The van der Waals surface area contributed by atoms with Crippen LogP contribution >= 0.6 is 0 Å². The minimum absolute atomic E-state index is 0.248. The van der Waals surface area contributed by atoms with Gasteiger partial charge in [0.05, 0.1) is 6.33 Å². The van der Waals surface area contributed by atoms with Crippen molar-refractivity contribution in [3.05, 3.63) is 90.1 Å². The fraction of sp³-hybridized carbons (Fsp3) is 0.318. The zero-order chi connectivity index (χ0) is 17.6. The van der Waals surface area contributed by atoms with Crippen molar-refractivity contribution in [3.63, 3.8) is 0 Å². The Morgan fingerprint density at radius 3 is 2.42 bits per heavy atom. The molecule has 0 amide bonds. The molecule has 0 radical (unpaired) electrons. The normalized spacial score (nSPS) is 15.5. The molecule has 128 valence electrons. The van der Waals surface area contributed by atoms with Crippen LogP contribution in [0.1, 0.15) is 52.1 Å². The average molecular weight is 322 g/mol. The molecule has 1 rings (SSSR count). The van der Waals surface area contributed by atoms with E-state index in [1.165, 1.54) is 11.1 Å². The van der Waals surface area contributed by atoms with E-state index in [0.29, 0.717) is 0 Å². The van der Waals surface area contributed by atoms with Crippen molar-refractivity contribution in [2.45, 2.75) is 46.5 Å². The predicted molar refractivity (Wildman–Crippen MR) is 106 cm³/mol. The SMILES string of the molecule is C\C=C/C=C(\C=C/CC)CC(C(/C=C\C)=C/C=C\C)c1cnc[nH]1. The molecule has 2 nitrogen and oxygen atoms in total. The van der Waals surface area contributed by atoms with Gasteiger partial charge in [-0.3, -0.25) is 0 Å². The van der Waals surface area contributed by atoms with Crippen LogP contribution in [0.15, 0.2) is 84.4 Å². The van der Waals surface area contributed by atoms with Gasteiger partial charge < -0.3 is 4.98 Å². The smallest absolute Gasteiger partial charge is 0.0921 e. The molecule has 0 fully saturated rings. The summed E-state index contributed by atoms with van der Waals surface area (Å²) < 4.78 is 0. The Morgan fingerprint density at radius 1 is 1.08 bits per heavy atom. The molecule has 0 saturated heterocycles. The first kappa shape index (κ1) is 19.7. The number of aromatic nitrogens is 2. The molecular formula is C22H30N2. The topological polar surface area (TPSA) is 28.7 Å². The molecule has 0 aliphatic carbocycles. The minimum atomic E-state index is 0.248. The van der Waals surface area contributed by atoms with Crippen LogP contribution in [0.4, 0.5) is 0 Å². The monoisotopic (exact) mass is 322 g/mol. The zero-order valence-electron chi connectivity index (χ0n) is 15.4. The second-order valence-electron chi connectivity index (χ2n) is 5.53. The average Bonchev–Trinajstić information content (AvgIpc) is 3.12. The Labute approximate surface area is 147 Å². The van der Waals surface area contributed by atoms with Gasteiger partial charge in [-0.15, -0.1) is 0 Å².